The summed E-state index contributed by atoms with van der Waals surface area (Å²) in [6.07, 6.45) is 2.98. The Bertz CT molecular complexity index is 597. The number of aliphatic hydroxyl groups excluding tert-OH is 1. The van der Waals surface area contributed by atoms with Crippen molar-refractivity contribution in [3.63, 3.8) is 0 Å². The van der Waals surface area contributed by atoms with Crippen molar-refractivity contribution in [2.75, 3.05) is 13.2 Å². The van der Waals surface area contributed by atoms with Crippen molar-refractivity contribution in [2.45, 2.75) is 12.6 Å². The molecule has 1 aromatic heterocycles. The molecule has 2 aromatic rings. The highest BCUT2D eigenvalue weighted by Gasteiger charge is 2.26. The van der Waals surface area contributed by atoms with Crippen LogP contribution in [0, 0.1) is 0 Å². The zero-order valence-corrected chi connectivity index (χ0v) is 10.8. The first-order valence-corrected chi connectivity index (χ1v) is 6.41. The number of aliphatic hydroxyl groups is 1. The molecule has 6 nitrogen and oxygen atoms in total. The highest BCUT2D eigenvalue weighted by Crippen LogP contribution is 2.13. The average Bonchev–Trinajstić information content (AvgIpc) is 3.10. The van der Waals surface area contributed by atoms with Crippen LogP contribution in [0.15, 0.2) is 42.7 Å². The second-order valence-corrected chi connectivity index (χ2v) is 4.72. The van der Waals surface area contributed by atoms with Crippen molar-refractivity contribution in [1.82, 2.24) is 14.8 Å². The Morgan fingerprint density at radius 3 is 3.05 bits per heavy atom. The summed E-state index contributed by atoms with van der Waals surface area (Å²) in [6, 6.07) is 9.19. The second kappa shape index (κ2) is 5.44. The van der Waals surface area contributed by atoms with E-state index in [4.69, 9.17) is 4.84 Å². The largest absolute Gasteiger partial charge is 0.389 e. The van der Waals surface area contributed by atoms with E-state index in [-0.39, 0.29) is 19.1 Å². The maximum Gasteiger partial charge on any atom is 0.277 e. The third-order valence-corrected chi connectivity index (χ3v) is 3.10. The molecule has 3 rings (SSSR count). The molecule has 20 heavy (non-hydrogen) atoms. The SMILES string of the molecule is O=C(c1cccc(Cn2cccn2)c1)N1C[C@H](O)CO1. The van der Waals surface area contributed by atoms with E-state index in [1.165, 1.54) is 5.06 Å². The number of carbonyl (C=O) groups excluding carboxylic acids is 1. The molecule has 1 aromatic carbocycles. The van der Waals surface area contributed by atoms with Crippen molar-refractivity contribution in [3.05, 3.63) is 53.9 Å². The van der Waals surface area contributed by atoms with Gasteiger partial charge in [-0.3, -0.25) is 14.3 Å². The topological polar surface area (TPSA) is 67.6 Å². The molecule has 0 bridgehead atoms. The van der Waals surface area contributed by atoms with E-state index < -0.39 is 6.10 Å². The van der Waals surface area contributed by atoms with Crippen LogP contribution in [-0.2, 0) is 11.4 Å². The number of hydrogen-bond acceptors (Lipinski definition) is 4. The van der Waals surface area contributed by atoms with Gasteiger partial charge in [0.2, 0.25) is 0 Å². The molecule has 104 valence electrons. The van der Waals surface area contributed by atoms with Crippen molar-refractivity contribution >= 4 is 5.91 Å². The minimum absolute atomic E-state index is 0.165. The molecule has 0 aliphatic carbocycles. The van der Waals surface area contributed by atoms with Gasteiger partial charge in [0.1, 0.15) is 12.7 Å². The zero-order chi connectivity index (χ0) is 13.9. The van der Waals surface area contributed by atoms with Gasteiger partial charge in [0.05, 0.1) is 13.1 Å². The number of β-amino-alcohol motifs (C(OH)–C–C–N with tert-alkyl or cyclic N) is 1. The zero-order valence-electron chi connectivity index (χ0n) is 10.8. The molecule has 1 atom stereocenters. The average molecular weight is 273 g/mol. The van der Waals surface area contributed by atoms with Crippen molar-refractivity contribution in [1.29, 1.82) is 0 Å². The minimum atomic E-state index is -0.605. The van der Waals surface area contributed by atoms with Gasteiger partial charge in [-0.15, -0.1) is 0 Å². The highest BCUT2D eigenvalue weighted by atomic mass is 16.7. The lowest BCUT2D eigenvalue weighted by Crippen LogP contribution is -2.28. The molecule has 0 spiro atoms. The van der Waals surface area contributed by atoms with Crippen LogP contribution < -0.4 is 0 Å². The molecule has 1 aliphatic rings. The monoisotopic (exact) mass is 273 g/mol. The highest BCUT2D eigenvalue weighted by molar-refractivity contribution is 5.93. The van der Waals surface area contributed by atoms with Crippen LogP contribution in [-0.4, -0.2) is 45.1 Å². The first-order chi connectivity index (χ1) is 9.72. The van der Waals surface area contributed by atoms with Crippen LogP contribution in [0.4, 0.5) is 0 Å². The van der Waals surface area contributed by atoms with Gasteiger partial charge in [0.15, 0.2) is 0 Å². The molecule has 6 heteroatoms. The third kappa shape index (κ3) is 2.71. The number of nitrogens with zero attached hydrogens (tertiary/aromatic N) is 3. The van der Waals surface area contributed by atoms with Gasteiger partial charge in [0, 0.05) is 18.0 Å². The molecule has 1 aliphatic heterocycles. The van der Waals surface area contributed by atoms with Crippen LogP contribution in [0.2, 0.25) is 0 Å². The predicted octanol–water partition coefficient (Wildman–Crippen LogP) is 0.680. The Morgan fingerprint density at radius 1 is 1.45 bits per heavy atom. The lowest BCUT2D eigenvalue weighted by Gasteiger charge is -2.14. The summed E-state index contributed by atoms with van der Waals surface area (Å²) in [6.45, 7) is 0.985. The molecule has 0 radical (unpaired) electrons. The number of amides is 1. The van der Waals surface area contributed by atoms with Gasteiger partial charge in [0.25, 0.3) is 5.91 Å². The summed E-state index contributed by atoms with van der Waals surface area (Å²) in [5, 5.41) is 14.7. The Balaban J connectivity index is 1.75. The minimum Gasteiger partial charge on any atom is -0.389 e. The fourth-order valence-electron chi connectivity index (χ4n) is 2.14. The van der Waals surface area contributed by atoms with Crippen LogP contribution in [0.1, 0.15) is 15.9 Å². The number of hydroxylamine groups is 2. The molecule has 1 saturated heterocycles. The van der Waals surface area contributed by atoms with Crippen LogP contribution in [0.3, 0.4) is 0 Å². The van der Waals surface area contributed by atoms with Gasteiger partial charge in [-0.25, -0.2) is 5.06 Å². The normalized spacial score (nSPS) is 18.4. The molecule has 0 saturated carbocycles. The fraction of sp³-hybridized carbons (Fsp3) is 0.286. The van der Waals surface area contributed by atoms with Crippen LogP contribution >= 0.6 is 0 Å². The molecule has 0 unspecified atom stereocenters. The van der Waals surface area contributed by atoms with Crippen molar-refractivity contribution in [3.8, 4) is 0 Å². The molecular weight excluding hydrogens is 258 g/mol. The maximum absolute atomic E-state index is 12.2. The summed E-state index contributed by atoms with van der Waals surface area (Å²) in [7, 11) is 0. The van der Waals surface area contributed by atoms with E-state index in [0.29, 0.717) is 12.1 Å². The number of rotatable bonds is 3. The number of carbonyl (C=O) groups is 1. The van der Waals surface area contributed by atoms with Crippen LogP contribution in [0.25, 0.3) is 0 Å². The Labute approximate surface area is 116 Å². The van der Waals surface area contributed by atoms with Crippen molar-refractivity contribution in [2.24, 2.45) is 0 Å². The van der Waals surface area contributed by atoms with E-state index in [2.05, 4.69) is 5.10 Å². The molecule has 1 fully saturated rings. The summed E-state index contributed by atoms with van der Waals surface area (Å²) in [5.74, 6) is -0.233. The van der Waals surface area contributed by atoms with Gasteiger partial charge in [-0.05, 0) is 23.8 Å². The number of aromatic nitrogens is 2. The van der Waals surface area contributed by atoms with Gasteiger partial charge in [-0.1, -0.05) is 12.1 Å². The molecule has 1 N–H and O–H groups in total. The lowest BCUT2D eigenvalue weighted by atomic mass is 10.1. The third-order valence-electron chi connectivity index (χ3n) is 3.10. The van der Waals surface area contributed by atoms with Gasteiger partial charge < -0.3 is 5.11 Å². The molecule has 2 heterocycles. The summed E-state index contributed by atoms with van der Waals surface area (Å²) in [5.41, 5.74) is 1.53. The fourth-order valence-corrected chi connectivity index (χ4v) is 2.14. The Morgan fingerprint density at radius 2 is 2.35 bits per heavy atom. The first kappa shape index (κ1) is 12.8. The van der Waals surface area contributed by atoms with Crippen LogP contribution in [0.5, 0.6) is 0 Å². The van der Waals surface area contributed by atoms with E-state index >= 15 is 0 Å². The van der Waals surface area contributed by atoms with Gasteiger partial charge >= 0.3 is 0 Å². The Hall–Kier alpha value is -2.18. The Kier molecular flexibility index (Phi) is 3.49. The van der Waals surface area contributed by atoms with E-state index in [0.717, 1.165) is 5.56 Å². The number of benzene rings is 1. The second-order valence-electron chi connectivity index (χ2n) is 4.72. The first-order valence-electron chi connectivity index (χ1n) is 6.41. The van der Waals surface area contributed by atoms with Gasteiger partial charge in [-0.2, -0.15) is 5.10 Å². The maximum atomic E-state index is 12.2. The van der Waals surface area contributed by atoms with E-state index in [1.807, 2.05) is 30.5 Å². The smallest absolute Gasteiger partial charge is 0.277 e. The predicted molar refractivity (Wildman–Crippen MR) is 70.8 cm³/mol. The molecular formula is C14H15N3O3. The summed E-state index contributed by atoms with van der Waals surface area (Å²) in [4.78, 5) is 17.4. The quantitative estimate of drug-likeness (QED) is 0.893. The standard InChI is InChI=1S/C14H15N3O3/c18-13-9-17(20-10-13)14(19)12-4-1-3-11(7-12)8-16-6-2-5-15-16/h1-7,13,18H,8-10H2/t13-/m0/s1. The van der Waals surface area contributed by atoms with E-state index in [9.17, 15) is 9.90 Å². The summed E-state index contributed by atoms with van der Waals surface area (Å²) >= 11 is 0. The van der Waals surface area contributed by atoms with E-state index in [1.54, 1.807) is 16.9 Å². The lowest BCUT2D eigenvalue weighted by molar-refractivity contribution is -0.0779. The number of hydrogen-bond donors (Lipinski definition) is 1. The molecule has 1 amide bonds. The van der Waals surface area contributed by atoms with Crippen molar-refractivity contribution < 1.29 is 14.7 Å². The summed E-state index contributed by atoms with van der Waals surface area (Å²) < 4.78 is 1.79.